The molecule has 5 heteroatoms. The molecule has 2 aromatic rings. The Morgan fingerprint density at radius 2 is 2.33 bits per heavy atom. The van der Waals surface area contributed by atoms with E-state index in [-0.39, 0.29) is 5.91 Å². The van der Waals surface area contributed by atoms with Crippen LogP contribution in [0.2, 0.25) is 0 Å². The van der Waals surface area contributed by atoms with Crippen LogP contribution in [0.15, 0.2) is 23.7 Å². The van der Waals surface area contributed by atoms with E-state index >= 15 is 0 Å². The summed E-state index contributed by atoms with van der Waals surface area (Å²) in [6, 6.07) is 5.54. The van der Waals surface area contributed by atoms with Gasteiger partial charge in [-0.05, 0) is 24.6 Å². The van der Waals surface area contributed by atoms with Crippen LogP contribution in [0, 0.1) is 0 Å². The zero-order valence-electron chi connectivity index (χ0n) is 10.1. The highest BCUT2D eigenvalue weighted by molar-refractivity contribution is 7.16. The second-order valence-electron chi connectivity index (χ2n) is 4.77. The average Bonchev–Trinajstić information content (AvgIpc) is 2.81. The first kappa shape index (κ1) is 11.6. The van der Waals surface area contributed by atoms with Crippen LogP contribution in [0.1, 0.15) is 23.7 Å². The lowest BCUT2D eigenvalue weighted by molar-refractivity contribution is -0.0826. The number of β-amino-alcohol motifs (C(OH)–C–C–N with tert-alkyl or cyclic N) is 1. The van der Waals surface area contributed by atoms with E-state index < -0.39 is 5.60 Å². The van der Waals surface area contributed by atoms with E-state index in [1.54, 1.807) is 16.5 Å². The first-order valence-electron chi connectivity index (χ1n) is 5.96. The minimum absolute atomic E-state index is 0.0107. The maximum absolute atomic E-state index is 12.2. The molecule has 4 nitrogen and oxygen atoms in total. The van der Waals surface area contributed by atoms with E-state index in [2.05, 4.69) is 4.98 Å². The molecule has 1 aromatic carbocycles. The summed E-state index contributed by atoms with van der Waals surface area (Å²) >= 11 is 1.53. The van der Waals surface area contributed by atoms with Gasteiger partial charge in [0.1, 0.15) is 0 Å². The van der Waals surface area contributed by atoms with Crippen LogP contribution in [0.5, 0.6) is 0 Å². The molecule has 1 aliphatic rings. The van der Waals surface area contributed by atoms with E-state index in [9.17, 15) is 9.90 Å². The Morgan fingerprint density at radius 1 is 1.56 bits per heavy atom. The van der Waals surface area contributed by atoms with Gasteiger partial charge >= 0.3 is 0 Å². The van der Waals surface area contributed by atoms with Gasteiger partial charge in [-0.3, -0.25) is 4.79 Å². The Kier molecular flexibility index (Phi) is 2.60. The van der Waals surface area contributed by atoms with Gasteiger partial charge in [0.05, 0.1) is 34.4 Å². The molecule has 0 radical (unpaired) electrons. The van der Waals surface area contributed by atoms with Crippen LogP contribution >= 0.6 is 11.3 Å². The van der Waals surface area contributed by atoms with Crippen molar-refractivity contribution in [3.8, 4) is 0 Å². The fourth-order valence-corrected chi connectivity index (χ4v) is 2.92. The van der Waals surface area contributed by atoms with E-state index in [0.29, 0.717) is 25.1 Å². The van der Waals surface area contributed by atoms with Crippen molar-refractivity contribution in [1.82, 2.24) is 9.88 Å². The molecule has 0 saturated carbocycles. The summed E-state index contributed by atoms with van der Waals surface area (Å²) in [4.78, 5) is 18.1. The minimum atomic E-state index is -0.676. The van der Waals surface area contributed by atoms with Gasteiger partial charge in [0.25, 0.3) is 5.91 Å². The number of likely N-dealkylation sites (tertiary alicyclic amines) is 1. The molecule has 0 aliphatic carbocycles. The Morgan fingerprint density at radius 3 is 3.06 bits per heavy atom. The van der Waals surface area contributed by atoms with Crippen LogP contribution < -0.4 is 0 Å². The molecule has 1 aliphatic heterocycles. The van der Waals surface area contributed by atoms with Gasteiger partial charge < -0.3 is 10.0 Å². The quantitative estimate of drug-likeness (QED) is 0.899. The smallest absolute Gasteiger partial charge is 0.254 e. The number of rotatable bonds is 2. The number of carbonyl (C=O) groups is 1. The van der Waals surface area contributed by atoms with Crippen molar-refractivity contribution in [2.45, 2.75) is 18.9 Å². The van der Waals surface area contributed by atoms with Crippen molar-refractivity contribution in [3.63, 3.8) is 0 Å². The predicted octanol–water partition coefficient (Wildman–Crippen LogP) is 1.89. The maximum atomic E-state index is 12.2. The van der Waals surface area contributed by atoms with E-state index in [1.807, 2.05) is 19.1 Å². The summed E-state index contributed by atoms with van der Waals surface area (Å²) in [5.74, 6) is -0.0107. The van der Waals surface area contributed by atoms with Gasteiger partial charge in [0, 0.05) is 5.56 Å². The van der Waals surface area contributed by atoms with Crippen molar-refractivity contribution in [3.05, 3.63) is 29.3 Å². The van der Waals surface area contributed by atoms with Crippen molar-refractivity contribution >= 4 is 27.5 Å². The minimum Gasteiger partial charge on any atom is -0.386 e. The molecular formula is C13H14N2O2S. The zero-order valence-corrected chi connectivity index (χ0v) is 10.9. The molecule has 1 fully saturated rings. The topological polar surface area (TPSA) is 53.4 Å². The fourth-order valence-electron chi connectivity index (χ4n) is 2.20. The number of aromatic nitrogens is 1. The summed E-state index contributed by atoms with van der Waals surface area (Å²) in [5, 5.41) is 9.92. The van der Waals surface area contributed by atoms with Crippen molar-refractivity contribution in [1.29, 1.82) is 0 Å². The first-order valence-corrected chi connectivity index (χ1v) is 6.84. The molecule has 1 aromatic heterocycles. The normalized spacial score (nSPS) is 17.8. The van der Waals surface area contributed by atoms with Crippen LogP contribution in [0.3, 0.4) is 0 Å². The Labute approximate surface area is 109 Å². The molecule has 1 N–H and O–H groups in total. The number of nitrogens with zero attached hydrogens (tertiary/aromatic N) is 2. The van der Waals surface area contributed by atoms with Crippen LogP contribution in [-0.2, 0) is 0 Å². The first-order chi connectivity index (χ1) is 8.61. The Bertz CT molecular complexity index is 602. The largest absolute Gasteiger partial charge is 0.386 e. The lowest BCUT2D eigenvalue weighted by Gasteiger charge is -2.46. The highest BCUT2D eigenvalue weighted by Crippen LogP contribution is 2.27. The summed E-state index contributed by atoms with van der Waals surface area (Å²) in [6.07, 6.45) is 0.685. The third-order valence-electron chi connectivity index (χ3n) is 3.49. The number of amides is 1. The van der Waals surface area contributed by atoms with Crippen LogP contribution in [-0.4, -0.2) is 39.6 Å². The summed E-state index contributed by atoms with van der Waals surface area (Å²) in [5.41, 5.74) is 2.69. The number of aliphatic hydroxyl groups is 1. The van der Waals surface area contributed by atoms with E-state index in [0.717, 1.165) is 10.2 Å². The SMILES string of the molecule is CCC1(O)CN(C(=O)c2ccc3ncsc3c2)C1. The van der Waals surface area contributed by atoms with E-state index in [1.165, 1.54) is 11.3 Å². The Hall–Kier alpha value is -1.46. The molecule has 2 heterocycles. The monoisotopic (exact) mass is 262 g/mol. The van der Waals surface area contributed by atoms with Crippen molar-refractivity contribution in [2.24, 2.45) is 0 Å². The standard InChI is InChI=1S/C13H14N2O2S/c1-2-13(17)6-15(7-13)12(16)9-3-4-10-11(5-9)18-8-14-10/h3-5,8,17H,2,6-7H2,1H3. The van der Waals surface area contributed by atoms with Gasteiger partial charge in [-0.2, -0.15) is 0 Å². The van der Waals surface area contributed by atoms with Gasteiger partial charge in [0.15, 0.2) is 0 Å². The summed E-state index contributed by atoms with van der Waals surface area (Å²) < 4.78 is 1.02. The second-order valence-corrected chi connectivity index (χ2v) is 5.66. The van der Waals surface area contributed by atoms with Gasteiger partial charge in [-0.15, -0.1) is 11.3 Å². The zero-order chi connectivity index (χ0) is 12.8. The highest BCUT2D eigenvalue weighted by Gasteiger charge is 2.42. The maximum Gasteiger partial charge on any atom is 0.254 e. The molecule has 1 amide bonds. The number of hydrogen-bond donors (Lipinski definition) is 1. The molecule has 3 rings (SSSR count). The van der Waals surface area contributed by atoms with E-state index in [4.69, 9.17) is 0 Å². The third-order valence-corrected chi connectivity index (χ3v) is 4.29. The predicted molar refractivity (Wildman–Crippen MR) is 70.8 cm³/mol. The number of thiazole rings is 1. The number of fused-ring (bicyclic) bond motifs is 1. The van der Waals surface area contributed by atoms with Gasteiger partial charge in [-0.1, -0.05) is 6.92 Å². The highest BCUT2D eigenvalue weighted by atomic mass is 32.1. The Balaban J connectivity index is 1.81. The summed E-state index contributed by atoms with van der Waals surface area (Å²) in [7, 11) is 0. The molecule has 0 atom stereocenters. The van der Waals surface area contributed by atoms with Gasteiger partial charge in [-0.25, -0.2) is 4.98 Å². The van der Waals surface area contributed by atoms with Crippen LogP contribution in [0.4, 0.5) is 0 Å². The third kappa shape index (κ3) is 1.79. The van der Waals surface area contributed by atoms with Crippen molar-refractivity contribution in [2.75, 3.05) is 13.1 Å². The molecule has 0 spiro atoms. The molecule has 0 unspecified atom stereocenters. The van der Waals surface area contributed by atoms with Crippen molar-refractivity contribution < 1.29 is 9.90 Å². The second kappa shape index (κ2) is 4.03. The summed E-state index contributed by atoms with van der Waals surface area (Å²) in [6.45, 7) is 2.80. The average molecular weight is 262 g/mol. The molecule has 0 bridgehead atoms. The molecular weight excluding hydrogens is 248 g/mol. The lowest BCUT2D eigenvalue weighted by Crippen LogP contribution is -2.63. The van der Waals surface area contributed by atoms with Gasteiger partial charge in [0.2, 0.25) is 0 Å². The lowest BCUT2D eigenvalue weighted by atomic mass is 9.90. The molecule has 1 saturated heterocycles. The molecule has 94 valence electrons. The molecule has 18 heavy (non-hydrogen) atoms. The van der Waals surface area contributed by atoms with Crippen LogP contribution in [0.25, 0.3) is 10.2 Å². The number of benzene rings is 1. The number of carbonyl (C=O) groups excluding carboxylic acids is 1. The number of hydrogen-bond acceptors (Lipinski definition) is 4. The fraction of sp³-hybridized carbons (Fsp3) is 0.385.